The minimum Gasteiger partial charge on any atom is -0.334 e. The molecule has 34 heavy (non-hydrogen) atoms. The minimum absolute atomic E-state index is 0.312. The van der Waals surface area contributed by atoms with Crippen LogP contribution in [-0.2, 0) is 0 Å². The molecule has 0 radical (unpaired) electrons. The van der Waals surface area contributed by atoms with Gasteiger partial charge in [-0.3, -0.25) is 4.90 Å². The molecule has 0 aliphatic carbocycles. The maximum Gasteiger partial charge on any atom is 0.326 e. The standard InChI is InChI=1S/C27H23FN4O2/c1-16-7-9-19(10-8-16)24-23(26-30-25(31-34-26)20-6-4-5-17(2)15-20)18(3)32(27(33)29-24)22-13-11-21(28)12-14-22/h4-15,24H,1-3H3,(H,29,33). The minimum atomic E-state index is -0.490. The highest BCUT2D eigenvalue weighted by Crippen LogP contribution is 2.39. The van der Waals surface area contributed by atoms with Crippen molar-refractivity contribution in [2.24, 2.45) is 0 Å². The highest BCUT2D eigenvalue weighted by atomic mass is 19.1. The molecule has 1 unspecified atom stereocenters. The molecule has 0 spiro atoms. The molecule has 0 saturated carbocycles. The van der Waals surface area contributed by atoms with E-state index in [4.69, 9.17) is 4.52 Å². The van der Waals surface area contributed by atoms with E-state index in [0.717, 1.165) is 22.3 Å². The molecule has 2 amide bonds. The van der Waals surface area contributed by atoms with Crippen molar-refractivity contribution >= 4 is 17.3 Å². The van der Waals surface area contributed by atoms with Crippen LogP contribution in [0.4, 0.5) is 14.9 Å². The van der Waals surface area contributed by atoms with Crippen LogP contribution in [-0.4, -0.2) is 16.2 Å². The number of urea groups is 1. The highest BCUT2D eigenvalue weighted by molar-refractivity contribution is 6.01. The Labute approximate surface area is 196 Å². The Kier molecular flexibility index (Phi) is 5.45. The number of rotatable bonds is 4. The number of allylic oxidation sites excluding steroid dienone is 1. The van der Waals surface area contributed by atoms with Crippen LogP contribution in [0.3, 0.4) is 0 Å². The van der Waals surface area contributed by atoms with Crippen LogP contribution in [0.2, 0.25) is 0 Å². The summed E-state index contributed by atoms with van der Waals surface area (Å²) in [7, 11) is 0. The molecule has 4 aromatic rings. The maximum atomic E-state index is 13.5. The first-order valence-electron chi connectivity index (χ1n) is 11.0. The van der Waals surface area contributed by atoms with Gasteiger partial charge in [-0.1, -0.05) is 58.7 Å². The van der Waals surface area contributed by atoms with Crippen molar-refractivity contribution < 1.29 is 13.7 Å². The topological polar surface area (TPSA) is 71.3 Å². The zero-order valence-electron chi connectivity index (χ0n) is 19.0. The summed E-state index contributed by atoms with van der Waals surface area (Å²) in [4.78, 5) is 19.4. The second kappa shape index (κ2) is 8.59. The third-order valence-corrected chi connectivity index (χ3v) is 5.91. The van der Waals surface area contributed by atoms with E-state index in [-0.39, 0.29) is 11.8 Å². The fourth-order valence-corrected chi connectivity index (χ4v) is 4.16. The van der Waals surface area contributed by atoms with E-state index < -0.39 is 6.04 Å². The number of hydrogen-bond donors (Lipinski definition) is 1. The second-order valence-corrected chi connectivity index (χ2v) is 8.40. The van der Waals surface area contributed by atoms with Gasteiger partial charge in [0.15, 0.2) is 0 Å². The van der Waals surface area contributed by atoms with E-state index in [1.54, 1.807) is 12.1 Å². The first-order chi connectivity index (χ1) is 16.4. The summed E-state index contributed by atoms with van der Waals surface area (Å²) in [5.74, 6) is 0.402. The van der Waals surface area contributed by atoms with Gasteiger partial charge < -0.3 is 9.84 Å². The van der Waals surface area contributed by atoms with E-state index in [1.807, 2.05) is 69.3 Å². The lowest BCUT2D eigenvalue weighted by Gasteiger charge is -2.35. The smallest absolute Gasteiger partial charge is 0.326 e. The number of anilines is 1. The number of carbonyl (C=O) groups excluding carboxylic acids is 1. The van der Waals surface area contributed by atoms with Crippen molar-refractivity contribution in [2.45, 2.75) is 26.8 Å². The van der Waals surface area contributed by atoms with Crippen LogP contribution in [0.5, 0.6) is 0 Å². The zero-order chi connectivity index (χ0) is 23.8. The Hall–Kier alpha value is -4.26. The number of carbonyl (C=O) groups is 1. The molecular formula is C27H23FN4O2. The quantitative estimate of drug-likeness (QED) is 0.399. The normalized spacial score (nSPS) is 16.1. The van der Waals surface area contributed by atoms with Crippen LogP contribution in [0.25, 0.3) is 17.0 Å². The average molecular weight is 455 g/mol. The number of nitrogens with one attached hydrogen (secondary N) is 1. The Morgan fingerprint density at radius 2 is 1.68 bits per heavy atom. The van der Waals surface area contributed by atoms with Crippen molar-refractivity contribution in [1.82, 2.24) is 15.5 Å². The number of aryl methyl sites for hydroxylation is 2. The molecule has 7 heteroatoms. The van der Waals surface area contributed by atoms with E-state index >= 15 is 0 Å². The molecule has 0 bridgehead atoms. The molecule has 0 fully saturated rings. The van der Waals surface area contributed by atoms with Gasteiger partial charge in [0, 0.05) is 11.3 Å². The van der Waals surface area contributed by atoms with Crippen molar-refractivity contribution in [3.8, 4) is 11.4 Å². The Bertz CT molecular complexity index is 1390. The van der Waals surface area contributed by atoms with Crippen molar-refractivity contribution in [1.29, 1.82) is 0 Å². The van der Waals surface area contributed by atoms with E-state index in [2.05, 4.69) is 15.5 Å². The first-order valence-corrected chi connectivity index (χ1v) is 11.0. The van der Waals surface area contributed by atoms with Crippen LogP contribution < -0.4 is 10.2 Å². The third-order valence-electron chi connectivity index (χ3n) is 5.91. The lowest BCUT2D eigenvalue weighted by atomic mass is 9.94. The number of nitrogens with zero attached hydrogens (tertiary/aromatic N) is 3. The fourth-order valence-electron chi connectivity index (χ4n) is 4.16. The van der Waals surface area contributed by atoms with Crippen LogP contribution in [0, 0.1) is 19.7 Å². The molecule has 1 aromatic heterocycles. The average Bonchev–Trinajstić information content (AvgIpc) is 3.30. The molecule has 1 aliphatic heterocycles. The van der Waals surface area contributed by atoms with Gasteiger partial charge in [-0.2, -0.15) is 4.98 Å². The first kappa shape index (κ1) is 21.6. The van der Waals surface area contributed by atoms with Gasteiger partial charge in [-0.25, -0.2) is 9.18 Å². The highest BCUT2D eigenvalue weighted by Gasteiger charge is 2.36. The number of benzene rings is 3. The lowest BCUT2D eigenvalue weighted by Crippen LogP contribution is -2.46. The molecule has 170 valence electrons. The molecule has 6 nitrogen and oxygen atoms in total. The fraction of sp³-hybridized carbons (Fsp3) is 0.148. The number of halogens is 1. The second-order valence-electron chi connectivity index (χ2n) is 8.40. The Morgan fingerprint density at radius 3 is 2.38 bits per heavy atom. The zero-order valence-corrected chi connectivity index (χ0v) is 19.0. The van der Waals surface area contributed by atoms with Crippen molar-refractivity contribution in [3.63, 3.8) is 0 Å². The van der Waals surface area contributed by atoms with E-state index in [9.17, 15) is 9.18 Å². The van der Waals surface area contributed by atoms with Crippen LogP contribution in [0.15, 0.2) is 83.0 Å². The number of aromatic nitrogens is 2. The summed E-state index contributed by atoms with van der Waals surface area (Å²) >= 11 is 0. The molecule has 1 aliphatic rings. The van der Waals surface area contributed by atoms with Gasteiger partial charge in [0.25, 0.3) is 5.89 Å². The molecule has 1 atom stereocenters. The largest absolute Gasteiger partial charge is 0.334 e. The molecule has 0 saturated heterocycles. The van der Waals surface area contributed by atoms with Gasteiger partial charge in [0.1, 0.15) is 5.82 Å². The molecule has 1 N–H and O–H groups in total. The van der Waals surface area contributed by atoms with Crippen molar-refractivity contribution in [3.05, 3.63) is 107 Å². The molecular weight excluding hydrogens is 431 g/mol. The summed E-state index contributed by atoms with van der Waals surface area (Å²) in [6, 6.07) is 20.7. The monoisotopic (exact) mass is 454 g/mol. The Balaban J connectivity index is 1.65. The van der Waals surface area contributed by atoms with Crippen LogP contribution in [0.1, 0.15) is 35.5 Å². The van der Waals surface area contributed by atoms with Gasteiger partial charge in [0.05, 0.1) is 17.3 Å². The van der Waals surface area contributed by atoms with Gasteiger partial charge in [-0.05, 0) is 56.7 Å². The van der Waals surface area contributed by atoms with E-state index in [0.29, 0.717) is 28.7 Å². The summed E-state index contributed by atoms with van der Waals surface area (Å²) in [5, 5.41) is 7.27. The SMILES string of the molecule is CC1=C(c2nc(-c3cccc(C)c3)no2)C(c2ccc(C)cc2)NC(=O)N1c1ccc(F)cc1. The van der Waals surface area contributed by atoms with Gasteiger partial charge in [0.2, 0.25) is 5.82 Å². The van der Waals surface area contributed by atoms with Crippen molar-refractivity contribution in [2.75, 3.05) is 4.90 Å². The summed E-state index contributed by atoms with van der Waals surface area (Å²) in [6.45, 7) is 5.84. The number of amides is 2. The van der Waals surface area contributed by atoms with Gasteiger partial charge in [-0.15, -0.1) is 0 Å². The predicted octanol–water partition coefficient (Wildman–Crippen LogP) is 6.19. The molecule has 5 rings (SSSR count). The summed E-state index contributed by atoms with van der Waals surface area (Å²) in [5.41, 5.74) is 5.77. The van der Waals surface area contributed by atoms with Crippen LogP contribution >= 0.6 is 0 Å². The third kappa shape index (κ3) is 3.96. The van der Waals surface area contributed by atoms with E-state index in [1.165, 1.54) is 17.0 Å². The molecule has 3 aromatic carbocycles. The van der Waals surface area contributed by atoms with Gasteiger partial charge >= 0.3 is 6.03 Å². The predicted molar refractivity (Wildman–Crippen MR) is 128 cm³/mol. The molecule has 2 heterocycles. The Morgan fingerprint density at radius 1 is 0.941 bits per heavy atom. The number of hydrogen-bond acceptors (Lipinski definition) is 4. The lowest BCUT2D eigenvalue weighted by molar-refractivity contribution is 0.244. The summed E-state index contributed by atoms with van der Waals surface area (Å²) < 4.78 is 19.3. The maximum absolute atomic E-state index is 13.5. The summed E-state index contributed by atoms with van der Waals surface area (Å²) in [6.07, 6.45) is 0.